The van der Waals surface area contributed by atoms with E-state index in [1.165, 1.54) is 32.3 Å². The highest BCUT2D eigenvalue weighted by molar-refractivity contribution is 7.19. The zero-order valence-electron chi connectivity index (χ0n) is 17.9. The molecule has 1 aliphatic rings. The first kappa shape index (κ1) is 19.5. The fourth-order valence-electron chi connectivity index (χ4n) is 4.49. The van der Waals surface area contributed by atoms with E-state index in [4.69, 9.17) is 0 Å². The molecule has 0 amide bonds. The zero-order chi connectivity index (χ0) is 22.5. The number of fused-ring (bicyclic) bond motifs is 4. The van der Waals surface area contributed by atoms with Crippen molar-refractivity contribution in [3.8, 4) is 34.4 Å². The number of aromatic nitrogens is 5. The van der Waals surface area contributed by atoms with Gasteiger partial charge in [-0.1, -0.05) is 30.3 Å². The highest BCUT2D eigenvalue weighted by atomic mass is 32.1. The minimum Gasteiger partial charge on any atom is -0.277 e. The van der Waals surface area contributed by atoms with E-state index in [0.29, 0.717) is 6.54 Å². The minimum absolute atomic E-state index is 0.704. The molecule has 1 N–H and O–H groups in total. The number of rotatable bonds is 3. The maximum Gasteiger partial charge on any atom is 0.137 e. The number of aromatic amines is 1. The molecule has 1 aliphatic carbocycles. The third kappa shape index (κ3) is 3.36. The fraction of sp³-hybridized carbons (Fsp3) is 0.0741. The van der Waals surface area contributed by atoms with Crippen LogP contribution in [0.3, 0.4) is 0 Å². The number of nitrogens with zero attached hydrogens (tertiary/aromatic N) is 4. The standard InChI is InChI=1S/C27H17N5S2/c1-2-4-25-19(3-1)10-22(34-25)8-7-21-11-20(14-33-21)26-24-12-18-6-5-17(13-32-16-28-15-29-32)9-23(18)27(24)31-30-26/h1-6,9-11,14-16H,12-13H2,(H,30,31). The Bertz CT molecular complexity index is 1690. The third-order valence-electron chi connectivity index (χ3n) is 6.10. The van der Waals surface area contributed by atoms with Crippen LogP contribution in [0.2, 0.25) is 0 Å². The average Bonchev–Trinajstić information content (AvgIpc) is 3.66. The Balaban J connectivity index is 1.16. The Labute approximate surface area is 203 Å². The van der Waals surface area contributed by atoms with Crippen molar-refractivity contribution in [3.63, 3.8) is 0 Å². The van der Waals surface area contributed by atoms with E-state index >= 15 is 0 Å². The van der Waals surface area contributed by atoms with Crippen molar-refractivity contribution in [2.45, 2.75) is 13.0 Å². The lowest BCUT2D eigenvalue weighted by atomic mass is 10.1. The van der Waals surface area contributed by atoms with Gasteiger partial charge in [-0.2, -0.15) is 10.2 Å². The highest BCUT2D eigenvalue weighted by Gasteiger charge is 2.25. The molecule has 0 atom stereocenters. The normalized spacial score (nSPS) is 11.9. The molecule has 5 nitrogen and oxygen atoms in total. The van der Waals surface area contributed by atoms with Crippen LogP contribution in [0.1, 0.15) is 26.4 Å². The molecule has 0 fully saturated rings. The summed E-state index contributed by atoms with van der Waals surface area (Å²) < 4.78 is 3.11. The smallest absolute Gasteiger partial charge is 0.137 e. The van der Waals surface area contributed by atoms with Crippen LogP contribution in [0.4, 0.5) is 0 Å². The summed E-state index contributed by atoms with van der Waals surface area (Å²) in [6.07, 6.45) is 4.19. The number of hydrogen-bond donors (Lipinski definition) is 1. The molecule has 0 bridgehead atoms. The van der Waals surface area contributed by atoms with Gasteiger partial charge in [0.15, 0.2) is 0 Å². The van der Waals surface area contributed by atoms with Crippen LogP contribution in [-0.4, -0.2) is 25.0 Å². The number of benzene rings is 2. The van der Waals surface area contributed by atoms with E-state index in [2.05, 4.69) is 92.1 Å². The van der Waals surface area contributed by atoms with Gasteiger partial charge in [0.2, 0.25) is 0 Å². The van der Waals surface area contributed by atoms with Crippen LogP contribution in [0.5, 0.6) is 0 Å². The van der Waals surface area contributed by atoms with E-state index in [9.17, 15) is 0 Å². The van der Waals surface area contributed by atoms with E-state index in [1.54, 1.807) is 35.3 Å². The van der Waals surface area contributed by atoms with Crippen molar-refractivity contribution < 1.29 is 0 Å². The van der Waals surface area contributed by atoms with Gasteiger partial charge in [0.1, 0.15) is 12.7 Å². The molecule has 162 valence electrons. The van der Waals surface area contributed by atoms with Crippen LogP contribution < -0.4 is 0 Å². The molecule has 34 heavy (non-hydrogen) atoms. The molecule has 0 unspecified atom stereocenters. The average molecular weight is 476 g/mol. The maximum atomic E-state index is 4.68. The van der Waals surface area contributed by atoms with Gasteiger partial charge in [0, 0.05) is 33.2 Å². The molecule has 7 heteroatoms. The number of thiophene rings is 2. The summed E-state index contributed by atoms with van der Waals surface area (Å²) in [6.45, 7) is 0.704. The second-order valence-electron chi connectivity index (χ2n) is 8.29. The van der Waals surface area contributed by atoms with E-state index in [-0.39, 0.29) is 0 Å². The summed E-state index contributed by atoms with van der Waals surface area (Å²) in [5, 5.41) is 15.6. The third-order valence-corrected chi connectivity index (χ3v) is 7.97. The quantitative estimate of drug-likeness (QED) is 0.321. The maximum absolute atomic E-state index is 4.68. The van der Waals surface area contributed by atoms with Crippen LogP contribution in [0.15, 0.2) is 72.6 Å². The lowest BCUT2D eigenvalue weighted by Gasteiger charge is -2.05. The van der Waals surface area contributed by atoms with Crippen LogP contribution in [0.25, 0.3) is 32.6 Å². The Morgan fingerprint density at radius 1 is 1.03 bits per heavy atom. The van der Waals surface area contributed by atoms with Gasteiger partial charge in [-0.3, -0.25) is 5.10 Å². The summed E-state index contributed by atoms with van der Waals surface area (Å²) in [5.74, 6) is 6.68. The number of nitrogens with one attached hydrogen (secondary N) is 1. The number of H-pyrrole nitrogens is 1. The molecule has 0 saturated heterocycles. The van der Waals surface area contributed by atoms with E-state index in [0.717, 1.165) is 33.1 Å². The molecular weight excluding hydrogens is 458 g/mol. The lowest BCUT2D eigenvalue weighted by Crippen LogP contribution is -2.00. The van der Waals surface area contributed by atoms with Crippen LogP contribution >= 0.6 is 22.7 Å². The summed E-state index contributed by atoms with van der Waals surface area (Å²) in [6, 6.07) is 19.4. The van der Waals surface area contributed by atoms with Gasteiger partial charge in [-0.15, -0.1) is 22.7 Å². The second kappa shape index (κ2) is 7.80. The largest absolute Gasteiger partial charge is 0.277 e. The van der Waals surface area contributed by atoms with Gasteiger partial charge in [-0.25, -0.2) is 9.67 Å². The Hall–Kier alpha value is -3.99. The monoisotopic (exact) mass is 475 g/mol. The van der Waals surface area contributed by atoms with Crippen molar-refractivity contribution in [2.75, 3.05) is 0 Å². The fourth-order valence-corrected chi connectivity index (χ4v) is 6.15. The van der Waals surface area contributed by atoms with Gasteiger partial charge >= 0.3 is 0 Å². The summed E-state index contributed by atoms with van der Waals surface area (Å²) >= 11 is 3.41. The first-order valence-electron chi connectivity index (χ1n) is 10.9. The van der Waals surface area contributed by atoms with Crippen molar-refractivity contribution in [3.05, 3.63) is 99.1 Å². The van der Waals surface area contributed by atoms with Crippen molar-refractivity contribution in [1.82, 2.24) is 25.0 Å². The zero-order valence-corrected chi connectivity index (χ0v) is 19.6. The molecule has 0 saturated carbocycles. The Morgan fingerprint density at radius 3 is 2.88 bits per heavy atom. The first-order valence-corrected chi connectivity index (χ1v) is 12.6. The molecule has 4 aromatic heterocycles. The van der Waals surface area contributed by atoms with E-state index < -0.39 is 0 Å². The minimum atomic E-state index is 0.704. The molecule has 6 aromatic rings. The first-order chi connectivity index (χ1) is 16.8. The molecule has 7 rings (SSSR count). The summed E-state index contributed by atoms with van der Waals surface area (Å²) in [7, 11) is 0. The molecule has 0 radical (unpaired) electrons. The molecule has 0 aliphatic heterocycles. The number of hydrogen-bond acceptors (Lipinski definition) is 5. The molecular formula is C27H17N5S2. The molecule has 2 aromatic carbocycles. The van der Waals surface area contributed by atoms with Crippen LogP contribution in [0, 0.1) is 11.8 Å². The van der Waals surface area contributed by atoms with Gasteiger partial charge in [0.05, 0.1) is 27.7 Å². The Kier molecular flexibility index (Phi) is 4.47. The van der Waals surface area contributed by atoms with Crippen molar-refractivity contribution in [1.29, 1.82) is 0 Å². The molecule has 4 heterocycles. The van der Waals surface area contributed by atoms with Crippen molar-refractivity contribution >= 4 is 32.8 Å². The van der Waals surface area contributed by atoms with Crippen LogP contribution in [-0.2, 0) is 13.0 Å². The Morgan fingerprint density at radius 2 is 1.97 bits per heavy atom. The summed E-state index contributed by atoms with van der Waals surface area (Å²) in [4.78, 5) is 6.18. The van der Waals surface area contributed by atoms with Gasteiger partial charge in [0.25, 0.3) is 0 Å². The highest BCUT2D eigenvalue weighted by Crippen LogP contribution is 2.41. The SMILES string of the molecule is C(#Cc1cc2ccccc2s1)c1cc(-c2n[nH]c3c2Cc2ccc(Cn4cncn4)cc2-3)cs1. The second-order valence-corrected chi connectivity index (χ2v) is 10.3. The van der Waals surface area contributed by atoms with E-state index in [1.807, 2.05) is 4.68 Å². The molecule has 0 spiro atoms. The topological polar surface area (TPSA) is 59.4 Å². The lowest BCUT2D eigenvalue weighted by molar-refractivity contribution is 0.685. The van der Waals surface area contributed by atoms with Crippen molar-refractivity contribution in [2.24, 2.45) is 0 Å². The van der Waals surface area contributed by atoms with Gasteiger partial charge < -0.3 is 0 Å². The van der Waals surface area contributed by atoms with Gasteiger partial charge in [-0.05, 0) is 52.6 Å². The predicted molar refractivity (Wildman–Crippen MR) is 137 cm³/mol. The predicted octanol–water partition coefficient (Wildman–Crippen LogP) is 5.96. The summed E-state index contributed by atoms with van der Waals surface area (Å²) in [5.41, 5.74) is 8.28.